The van der Waals surface area contributed by atoms with Gasteiger partial charge in [0.2, 0.25) is 0 Å². The van der Waals surface area contributed by atoms with Gasteiger partial charge in [-0.3, -0.25) is 4.79 Å². The number of anilines is 1. The lowest BCUT2D eigenvalue weighted by molar-refractivity contribution is 0.0951. The zero-order chi connectivity index (χ0) is 18.8. The number of amides is 1. The van der Waals surface area contributed by atoms with E-state index in [4.69, 9.17) is 0 Å². The van der Waals surface area contributed by atoms with Crippen molar-refractivity contribution in [2.24, 2.45) is 0 Å². The van der Waals surface area contributed by atoms with Crippen LogP contribution in [0.3, 0.4) is 0 Å². The fourth-order valence-corrected chi connectivity index (χ4v) is 3.36. The van der Waals surface area contributed by atoms with E-state index in [-0.39, 0.29) is 18.3 Å². The van der Waals surface area contributed by atoms with Gasteiger partial charge in [-0.15, -0.1) is 0 Å². The van der Waals surface area contributed by atoms with Gasteiger partial charge in [0.25, 0.3) is 5.91 Å². The van der Waals surface area contributed by atoms with E-state index in [1.807, 2.05) is 11.0 Å². The minimum Gasteiger partial charge on any atom is -0.367 e. The van der Waals surface area contributed by atoms with Gasteiger partial charge < -0.3 is 15.5 Å². The summed E-state index contributed by atoms with van der Waals surface area (Å²) in [6, 6.07) is 6.87. The van der Waals surface area contributed by atoms with Crippen molar-refractivity contribution >= 4 is 17.2 Å². The van der Waals surface area contributed by atoms with Gasteiger partial charge in [0.05, 0.1) is 11.4 Å². The molecule has 0 saturated carbocycles. The number of hydrogen-bond donors (Lipinski definition) is 2. The van der Waals surface area contributed by atoms with Crippen LogP contribution in [-0.4, -0.2) is 46.7 Å². The predicted octanol–water partition coefficient (Wildman–Crippen LogP) is 1.52. The summed E-state index contributed by atoms with van der Waals surface area (Å²) >= 11 is 0. The molecule has 3 heterocycles. The Morgan fingerprint density at radius 1 is 1.33 bits per heavy atom. The molecule has 140 valence electrons. The van der Waals surface area contributed by atoms with Gasteiger partial charge >= 0.3 is 0 Å². The van der Waals surface area contributed by atoms with E-state index in [1.165, 1.54) is 6.07 Å². The van der Waals surface area contributed by atoms with Crippen molar-refractivity contribution in [3.63, 3.8) is 0 Å². The third-order valence-electron chi connectivity index (χ3n) is 4.72. The van der Waals surface area contributed by atoms with E-state index in [1.54, 1.807) is 36.0 Å². The van der Waals surface area contributed by atoms with Crippen LogP contribution >= 0.6 is 0 Å². The summed E-state index contributed by atoms with van der Waals surface area (Å²) in [6.45, 7) is 5.28. The second kappa shape index (κ2) is 7.32. The summed E-state index contributed by atoms with van der Waals surface area (Å²) in [4.78, 5) is 18.9. The molecule has 0 bridgehead atoms. The van der Waals surface area contributed by atoms with Gasteiger partial charge in [0, 0.05) is 45.1 Å². The molecule has 0 aliphatic carbocycles. The van der Waals surface area contributed by atoms with Crippen LogP contribution in [0.5, 0.6) is 0 Å². The highest BCUT2D eigenvalue weighted by molar-refractivity contribution is 6.00. The van der Waals surface area contributed by atoms with Crippen LogP contribution in [0.4, 0.5) is 10.1 Å². The molecule has 1 aromatic carbocycles. The number of nitrogens with zero attached hydrogens (tertiary/aromatic N) is 4. The van der Waals surface area contributed by atoms with Crippen LogP contribution in [0.2, 0.25) is 0 Å². The fourth-order valence-electron chi connectivity index (χ4n) is 3.36. The molecule has 1 amide bonds. The SMILES string of the molecule is Cc1nn2cccnc2c1C(=O)NCc1ccc(N2CCNCC2)c(F)c1. The molecule has 27 heavy (non-hydrogen) atoms. The molecule has 0 spiro atoms. The second-order valence-electron chi connectivity index (χ2n) is 6.55. The number of carbonyl (C=O) groups excluding carboxylic acids is 1. The smallest absolute Gasteiger partial charge is 0.257 e. The van der Waals surface area contributed by atoms with E-state index < -0.39 is 0 Å². The first-order chi connectivity index (χ1) is 13.1. The second-order valence-corrected chi connectivity index (χ2v) is 6.55. The first-order valence-electron chi connectivity index (χ1n) is 8.96. The number of hydrogen-bond acceptors (Lipinski definition) is 5. The van der Waals surface area contributed by atoms with E-state index in [0.29, 0.717) is 28.2 Å². The normalized spacial score (nSPS) is 14.5. The van der Waals surface area contributed by atoms with Crippen LogP contribution in [0.15, 0.2) is 36.7 Å². The molecular weight excluding hydrogens is 347 g/mol. The number of aryl methyl sites for hydroxylation is 1. The minimum absolute atomic E-state index is 0.237. The Bertz CT molecular complexity index is 979. The average Bonchev–Trinajstić information content (AvgIpc) is 3.02. The Morgan fingerprint density at radius 3 is 2.93 bits per heavy atom. The number of benzene rings is 1. The Kier molecular flexibility index (Phi) is 4.72. The molecule has 2 aromatic heterocycles. The van der Waals surface area contributed by atoms with Crippen molar-refractivity contribution in [1.29, 1.82) is 0 Å². The molecule has 0 radical (unpaired) electrons. The summed E-state index contributed by atoms with van der Waals surface area (Å²) in [5, 5.41) is 10.4. The van der Waals surface area contributed by atoms with E-state index >= 15 is 0 Å². The maximum absolute atomic E-state index is 14.5. The van der Waals surface area contributed by atoms with Crippen molar-refractivity contribution in [3.8, 4) is 0 Å². The summed E-state index contributed by atoms with van der Waals surface area (Å²) < 4.78 is 16.1. The number of carbonyl (C=O) groups is 1. The van der Waals surface area contributed by atoms with Crippen molar-refractivity contribution in [1.82, 2.24) is 25.2 Å². The van der Waals surface area contributed by atoms with E-state index in [9.17, 15) is 9.18 Å². The van der Waals surface area contributed by atoms with Crippen LogP contribution in [0.25, 0.3) is 5.65 Å². The first kappa shape index (κ1) is 17.4. The lowest BCUT2D eigenvalue weighted by Crippen LogP contribution is -2.43. The number of piperazine rings is 1. The molecule has 2 N–H and O–H groups in total. The molecular formula is C19H21FN6O. The first-order valence-corrected chi connectivity index (χ1v) is 8.96. The molecule has 3 aromatic rings. The quantitative estimate of drug-likeness (QED) is 0.730. The van der Waals surface area contributed by atoms with Crippen LogP contribution in [0, 0.1) is 12.7 Å². The topological polar surface area (TPSA) is 74.6 Å². The highest BCUT2D eigenvalue weighted by Crippen LogP contribution is 2.21. The highest BCUT2D eigenvalue weighted by Gasteiger charge is 2.18. The van der Waals surface area contributed by atoms with Crippen LogP contribution in [-0.2, 0) is 6.54 Å². The Morgan fingerprint density at radius 2 is 2.15 bits per heavy atom. The van der Waals surface area contributed by atoms with Gasteiger partial charge in [0.15, 0.2) is 5.65 Å². The predicted molar refractivity (Wildman–Crippen MR) is 100 cm³/mol. The molecule has 1 fully saturated rings. The summed E-state index contributed by atoms with van der Waals surface area (Å²) in [6.07, 6.45) is 3.37. The highest BCUT2D eigenvalue weighted by atomic mass is 19.1. The maximum Gasteiger partial charge on any atom is 0.257 e. The number of aromatic nitrogens is 3. The summed E-state index contributed by atoms with van der Waals surface area (Å²) in [5.74, 6) is -0.537. The lowest BCUT2D eigenvalue weighted by Gasteiger charge is -2.29. The van der Waals surface area contributed by atoms with Crippen LogP contribution in [0.1, 0.15) is 21.6 Å². The number of nitrogens with one attached hydrogen (secondary N) is 2. The van der Waals surface area contributed by atoms with Crippen molar-refractivity contribution < 1.29 is 9.18 Å². The standard InChI is InChI=1S/C19H21FN6O/c1-13-17(18-22-5-2-8-26(18)24-13)19(27)23-12-14-3-4-16(15(20)11-14)25-9-6-21-7-10-25/h2-5,8,11,21H,6-7,9-10,12H2,1H3,(H,23,27). The maximum atomic E-state index is 14.5. The van der Waals surface area contributed by atoms with Gasteiger partial charge in [-0.05, 0) is 30.7 Å². The Balaban J connectivity index is 1.47. The Hall–Kier alpha value is -3.00. The van der Waals surface area contributed by atoms with Crippen molar-refractivity contribution in [2.45, 2.75) is 13.5 Å². The van der Waals surface area contributed by atoms with Crippen molar-refractivity contribution in [2.75, 3.05) is 31.1 Å². The molecule has 1 saturated heterocycles. The van der Waals surface area contributed by atoms with Crippen molar-refractivity contribution in [3.05, 3.63) is 59.3 Å². The molecule has 7 nitrogen and oxygen atoms in total. The third kappa shape index (κ3) is 3.48. The molecule has 1 aliphatic heterocycles. The lowest BCUT2D eigenvalue weighted by atomic mass is 10.1. The van der Waals surface area contributed by atoms with E-state index in [2.05, 4.69) is 20.7 Å². The molecule has 4 rings (SSSR count). The monoisotopic (exact) mass is 368 g/mol. The average molecular weight is 368 g/mol. The van der Waals surface area contributed by atoms with Gasteiger partial charge in [-0.2, -0.15) is 5.10 Å². The Labute approximate surface area is 156 Å². The fraction of sp³-hybridized carbons (Fsp3) is 0.316. The van der Waals surface area contributed by atoms with Gasteiger partial charge in [0.1, 0.15) is 11.4 Å². The molecule has 8 heteroatoms. The van der Waals surface area contributed by atoms with Gasteiger partial charge in [-0.25, -0.2) is 13.9 Å². The third-order valence-corrected chi connectivity index (χ3v) is 4.72. The molecule has 0 unspecified atom stereocenters. The van der Waals surface area contributed by atoms with Crippen LogP contribution < -0.4 is 15.5 Å². The zero-order valence-corrected chi connectivity index (χ0v) is 15.1. The molecule has 0 atom stereocenters. The number of rotatable bonds is 4. The van der Waals surface area contributed by atoms with Gasteiger partial charge in [-0.1, -0.05) is 6.07 Å². The zero-order valence-electron chi connectivity index (χ0n) is 15.1. The molecule has 1 aliphatic rings. The number of halogens is 1. The largest absolute Gasteiger partial charge is 0.367 e. The summed E-state index contributed by atoms with van der Waals surface area (Å²) in [5.41, 5.74) is 2.86. The number of fused-ring (bicyclic) bond motifs is 1. The van der Waals surface area contributed by atoms with E-state index in [0.717, 1.165) is 26.2 Å². The minimum atomic E-state index is -0.271. The summed E-state index contributed by atoms with van der Waals surface area (Å²) in [7, 11) is 0.